The first-order valence-electron chi connectivity index (χ1n) is 5.60. The molecule has 1 unspecified atom stereocenters. The number of hydrazine groups is 1. The summed E-state index contributed by atoms with van der Waals surface area (Å²) in [4.78, 5) is 2.57. The van der Waals surface area contributed by atoms with E-state index < -0.39 is 0 Å². The zero-order valence-electron chi connectivity index (χ0n) is 10.0. The highest BCUT2D eigenvalue weighted by molar-refractivity contribution is 9.10. The second-order valence-corrected chi connectivity index (χ2v) is 6.93. The van der Waals surface area contributed by atoms with Crippen LogP contribution in [0.3, 0.4) is 0 Å². The van der Waals surface area contributed by atoms with E-state index in [9.17, 15) is 0 Å². The predicted molar refractivity (Wildman–Crippen MR) is 84.0 cm³/mol. The molecule has 0 fully saturated rings. The molecule has 0 saturated carbocycles. The lowest BCUT2D eigenvalue weighted by molar-refractivity contribution is 0.610. The van der Waals surface area contributed by atoms with Crippen LogP contribution < -0.4 is 11.3 Å². The molecule has 1 aromatic carbocycles. The van der Waals surface area contributed by atoms with Gasteiger partial charge in [-0.25, -0.2) is 0 Å². The number of hydrogen-bond acceptors (Lipinski definition) is 4. The van der Waals surface area contributed by atoms with Crippen LogP contribution in [0, 0.1) is 6.92 Å². The first-order valence-corrected chi connectivity index (χ1v) is 8.25. The molecule has 1 aromatic heterocycles. The monoisotopic (exact) mass is 342 g/mol. The average Bonchev–Trinajstić information content (AvgIpc) is 2.79. The highest BCUT2D eigenvalue weighted by Gasteiger charge is 2.14. The summed E-state index contributed by atoms with van der Waals surface area (Å²) in [6, 6.07) is 10.6. The van der Waals surface area contributed by atoms with Crippen LogP contribution in [0.4, 0.5) is 0 Å². The number of rotatable bonds is 5. The third kappa shape index (κ3) is 3.36. The maximum Gasteiger partial charge on any atom is 0.0564 e. The van der Waals surface area contributed by atoms with E-state index in [0.29, 0.717) is 0 Å². The number of nitrogens with one attached hydrogen (secondary N) is 1. The average molecular weight is 343 g/mol. The van der Waals surface area contributed by atoms with Crippen molar-refractivity contribution in [2.45, 2.75) is 17.9 Å². The van der Waals surface area contributed by atoms with Crippen LogP contribution in [0.1, 0.15) is 16.5 Å². The summed E-state index contributed by atoms with van der Waals surface area (Å²) in [5.74, 6) is 6.58. The smallest absolute Gasteiger partial charge is 0.0564 e. The van der Waals surface area contributed by atoms with Crippen molar-refractivity contribution in [3.8, 4) is 0 Å². The molecule has 0 bridgehead atoms. The van der Waals surface area contributed by atoms with Crippen molar-refractivity contribution in [1.82, 2.24) is 5.43 Å². The molecular formula is C13H15BrN2S2. The van der Waals surface area contributed by atoms with E-state index in [1.54, 1.807) is 23.1 Å². The van der Waals surface area contributed by atoms with E-state index in [0.717, 1.165) is 10.2 Å². The van der Waals surface area contributed by atoms with Gasteiger partial charge in [-0.3, -0.25) is 11.3 Å². The minimum atomic E-state index is 0.188. The molecule has 18 heavy (non-hydrogen) atoms. The molecule has 1 heterocycles. The number of thioether (sulfide) groups is 1. The van der Waals surface area contributed by atoms with E-state index in [2.05, 4.69) is 51.9 Å². The van der Waals surface area contributed by atoms with Crippen LogP contribution in [-0.2, 0) is 0 Å². The van der Waals surface area contributed by atoms with Crippen LogP contribution >= 0.6 is 39.0 Å². The van der Waals surface area contributed by atoms with Crippen LogP contribution in [0.25, 0.3) is 0 Å². The fourth-order valence-corrected chi connectivity index (χ4v) is 4.11. The molecule has 0 aliphatic heterocycles. The lowest BCUT2D eigenvalue weighted by atomic mass is 10.1. The van der Waals surface area contributed by atoms with Gasteiger partial charge in [-0.1, -0.05) is 12.1 Å². The van der Waals surface area contributed by atoms with Gasteiger partial charge in [0.15, 0.2) is 0 Å². The van der Waals surface area contributed by atoms with Gasteiger partial charge in [0.05, 0.1) is 6.04 Å². The standard InChI is InChI=1S/C13H15BrN2S2/c1-9-10(6-7-17-9)12(16-15)8-18-13-5-3-2-4-11(13)14/h2-7,12,16H,8,15H2,1H3. The van der Waals surface area contributed by atoms with Crippen LogP contribution in [-0.4, -0.2) is 5.75 Å². The fourth-order valence-electron chi connectivity index (χ4n) is 1.72. The van der Waals surface area contributed by atoms with Gasteiger partial charge in [0, 0.05) is 20.0 Å². The Bertz CT molecular complexity index is 513. The maximum absolute atomic E-state index is 5.66. The Kier molecular flexibility index (Phi) is 5.26. The predicted octanol–water partition coefficient (Wildman–Crippen LogP) is 4.12. The van der Waals surface area contributed by atoms with Crippen molar-refractivity contribution in [3.05, 3.63) is 50.6 Å². The minimum absolute atomic E-state index is 0.188. The molecule has 0 radical (unpaired) electrons. The Morgan fingerprint density at radius 1 is 1.39 bits per heavy atom. The Morgan fingerprint density at radius 3 is 2.78 bits per heavy atom. The molecular weight excluding hydrogens is 328 g/mol. The molecule has 3 N–H and O–H groups in total. The molecule has 96 valence electrons. The second kappa shape index (κ2) is 6.73. The number of thiophene rings is 1. The lowest BCUT2D eigenvalue weighted by Gasteiger charge is -2.16. The summed E-state index contributed by atoms with van der Waals surface area (Å²) < 4.78 is 1.13. The van der Waals surface area contributed by atoms with Crippen LogP contribution in [0.5, 0.6) is 0 Å². The highest BCUT2D eigenvalue weighted by Crippen LogP contribution is 2.31. The Hall–Kier alpha value is -0.330. The maximum atomic E-state index is 5.66. The molecule has 2 aromatic rings. The summed E-state index contributed by atoms with van der Waals surface area (Å²) in [5, 5.41) is 2.11. The zero-order valence-corrected chi connectivity index (χ0v) is 13.2. The SMILES string of the molecule is Cc1sccc1C(CSc1ccccc1Br)NN. The van der Waals surface area contributed by atoms with Gasteiger partial charge < -0.3 is 0 Å². The van der Waals surface area contributed by atoms with Crippen LogP contribution in [0.15, 0.2) is 45.1 Å². The summed E-state index contributed by atoms with van der Waals surface area (Å²) in [6.45, 7) is 2.13. The summed E-state index contributed by atoms with van der Waals surface area (Å²) in [5.41, 5.74) is 4.20. The van der Waals surface area contributed by atoms with Crippen molar-refractivity contribution in [3.63, 3.8) is 0 Å². The van der Waals surface area contributed by atoms with Gasteiger partial charge in [-0.05, 0) is 52.0 Å². The Balaban J connectivity index is 2.05. The van der Waals surface area contributed by atoms with E-state index >= 15 is 0 Å². The van der Waals surface area contributed by atoms with E-state index in [-0.39, 0.29) is 6.04 Å². The Labute approximate surface area is 124 Å². The van der Waals surface area contributed by atoms with Crippen molar-refractivity contribution >= 4 is 39.0 Å². The van der Waals surface area contributed by atoms with Gasteiger partial charge in [0.1, 0.15) is 0 Å². The first-order chi connectivity index (χ1) is 8.72. The van der Waals surface area contributed by atoms with Crippen LogP contribution in [0.2, 0.25) is 0 Å². The molecule has 0 aliphatic rings. The second-order valence-electron chi connectivity index (χ2n) is 3.89. The van der Waals surface area contributed by atoms with Gasteiger partial charge in [-0.2, -0.15) is 0 Å². The van der Waals surface area contributed by atoms with Gasteiger partial charge >= 0.3 is 0 Å². The highest BCUT2D eigenvalue weighted by atomic mass is 79.9. The molecule has 2 nitrogen and oxygen atoms in total. The van der Waals surface area contributed by atoms with Gasteiger partial charge in [0.25, 0.3) is 0 Å². The van der Waals surface area contributed by atoms with Crippen molar-refractivity contribution in [2.75, 3.05) is 5.75 Å². The van der Waals surface area contributed by atoms with Crippen molar-refractivity contribution in [2.24, 2.45) is 5.84 Å². The molecule has 1 atom stereocenters. The molecule has 2 rings (SSSR count). The van der Waals surface area contributed by atoms with Crippen molar-refractivity contribution < 1.29 is 0 Å². The fraction of sp³-hybridized carbons (Fsp3) is 0.231. The van der Waals surface area contributed by atoms with Gasteiger partial charge in [0.2, 0.25) is 0 Å². The number of hydrogen-bond donors (Lipinski definition) is 2. The largest absolute Gasteiger partial charge is 0.271 e. The third-order valence-corrected chi connectivity index (χ3v) is 5.70. The molecule has 5 heteroatoms. The number of benzene rings is 1. The van der Waals surface area contributed by atoms with E-state index in [1.165, 1.54) is 15.3 Å². The van der Waals surface area contributed by atoms with E-state index in [4.69, 9.17) is 5.84 Å². The number of nitrogens with two attached hydrogens (primary N) is 1. The van der Waals surface area contributed by atoms with Crippen molar-refractivity contribution in [1.29, 1.82) is 0 Å². The molecule has 0 saturated heterocycles. The molecule has 0 amide bonds. The minimum Gasteiger partial charge on any atom is -0.271 e. The summed E-state index contributed by atoms with van der Waals surface area (Å²) in [7, 11) is 0. The zero-order chi connectivity index (χ0) is 13.0. The quantitative estimate of drug-likeness (QED) is 0.487. The topological polar surface area (TPSA) is 38.0 Å². The normalized spacial score (nSPS) is 12.6. The molecule has 0 aliphatic carbocycles. The summed E-state index contributed by atoms with van der Waals surface area (Å²) in [6.07, 6.45) is 0. The number of aryl methyl sites for hydroxylation is 1. The Morgan fingerprint density at radius 2 is 2.17 bits per heavy atom. The van der Waals surface area contributed by atoms with E-state index in [1.807, 2.05) is 12.1 Å². The lowest BCUT2D eigenvalue weighted by Crippen LogP contribution is -2.29. The number of halogens is 1. The first kappa shape index (κ1) is 14.1. The third-order valence-electron chi connectivity index (χ3n) is 2.72. The summed E-state index contributed by atoms with van der Waals surface area (Å²) >= 11 is 7.12. The molecule has 0 spiro atoms. The van der Waals surface area contributed by atoms with Gasteiger partial charge in [-0.15, -0.1) is 23.1 Å².